The van der Waals surface area contributed by atoms with Crippen molar-refractivity contribution in [1.82, 2.24) is 0 Å². The summed E-state index contributed by atoms with van der Waals surface area (Å²) in [5, 5.41) is 0. The fourth-order valence-corrected chi connectivity index (χ4v) is 2.44. The second-order valence-corrected chi connectivity index (χ2v) is 4.37. The Labute approximate surface area is 94.8 Å². The van der Waals surface area contributed by atoms with E-state index >= 15 is 0 Å². The summed E-state index contributed by atoms with van der Waals surface area (Å²) in [7, 11) is 0. The third-order valence-corrected chi connectivity index (χ3v) is 3.28. The average Bonchev–Trinajstić information content (AvgIpc) is 2.39. The molecule has 3 aliphatic rings. The fraction of sp³-hybridized carbons (Fsp3) is 0.667. The van der Waals surface area contributed by atoms with Gasteiger partial charge in [-0.05, 0) is 12.8 Å². The lowest BCUT2D eigenvalue weighted by atomic mass is 9.93. The molecular formula is C12H16O4. The summed E-state index contributed by atoms with van der Waals surface area (Å²) in [6.07, 6.45) is 9.67. The molecule has 0 aromatic rings. The molecule has 3 rings (SSSR count). The average molecular weight is 224 g/mol. The predicted octanol–water partition coefficient (Wildman–Crippen LogP) is 2.07. The maximum atomic E-state index is 6.00. The molecule has 3 atom stereocenters. The fourth-order valence-electron chi connectivity index (χ4n) is 2.44. The molecule has 1 saturated carbocycles. The van der Waals surface area contributed by atoms with E-state index in [2.05, 4.69) is 0 Å². The van der Waals surface area contributed by atoms with E-state index in [1.807, 2.05) is 0 Å². The van der Waals surface area contributed by atoms with Gasteiger partial charge in [-0.2, -0.15) is 0 Å². The second kappa shape index (κ2) is 4.47. The Morgan fingerprint density at radius 2 is 1.94 bits per heavy atom. The molecule has 0 radical (unpaired) electrons. The Balaban J connectivity index is 1.63. The lowest BCUT2D eigenvalue weighted by Gasteiger charge is -2.39. The van der Waals surface area contributed by atoms with Crippen LogP contribution in [0.1, 0.15) is 25.7 Å². The molecule has 2 fully saturated rings. The zero-order chi connectivity index (χ0) is 10.8. The highest BCUT2D eigenvalue weighted by molar-refractivity contribution is 5.04. The molecule has 16 heavy (non-hydrogen) atoms. The highest BCUT2D eigenvalue weighted by Gasteiger charge is 2.36. The van der Waals surface area contributed by atoms with Crippen LogP contribution in [0.3, 0.4) is 0 Å². The monoisotopic (exact) mass is 224 g/mol. The van der Waals surface area contributed by atoms with E-state index in [1.54, 1.807) is 6.26 Å². The molecule has 0 aromatic carbocycles. The topological polar surface area (TPSA) is 36.9 Å². The van der Waals surface area contributed by atoms with Crippen molar-refractivity contribution in [3.05, 3.63) is 24.5 Å². The number of hydrogen-bond acceptors (Lipinski definition) is 4. The Morgan fingerprint density at radius 1 is 1.06 bits per heavy atom. The third kappa shape index (κ3) is 1.95. The van der Waals surface area contributed by atoms with Gasteiger partial charge in [-0.3, -0.25) is 0 Å². The number of hydrogen-bond donors (Lipinski definition) is 0. The van der Waals surface area contributed by atoms with Crippen molar-refractivity contribution in [2.24, 2.45) is 0 Å². The molecular weight excluding hydrogens is 208 g/mol. The summed E-state index contributed by atoms with van der Waals surface area (Å²) < 4.78 is 22.2. The van der Waals surface area contributed by atoms with Crippen LogP contribution in [0.5, 0.6) is 0 Å². The van der Waals surface area contributed by atoms with Crippen LogP contribution in [-0.2, 0) is 18.9 Å². The van der Waals surface area contributed by atoms with Crippen LogP contribution >= 0.6 is 0 Å². The van der Waals surface area contributed by atoms with Crippen molar-refractivity contribution in [3.8, 4) is 0 Å². The van der Waals surface area contributed by atoms with Crippen molar-refractivity contribution < 1.29 is 18.9 Å². The van der Waals surface area contributed by atoms with Crippen molar-refractivity contribution in [2.75, 3.05) is 6.61 Å². The van der Waals surface area contributed by atoms with E-state index in [0.717, 1.165) is 12.8 Å². The first-order valence-electron chi connectivity index (χ1n) is 5.88. The first-order chi connectivity index (χ1) is 7.93. The van der Waals surface area contributed by atoms with Gasteiger partial charge < -0.3 is 18.9 Å². The lowest BCUT2D eigenvalue weighted by Crippen LogP contribution is -2.46. The van der Waals surface area contributed by atoms with Crippen molar-refractivity contribution in [1.29, 1.82) is 0 Å². The first-order valence-corrected chi connectivity index (χ1v) is 5.88. The summed E-state index contributed by atoms with van der Waals surface area (Å²) in [5.74, 6) is 0.700. The summed E-state index contributed by atoms with van der Waals surface area (Å²) >= 11 is 0. The van der Waals surface area contributed by atoms with Crippen LogP contribution in [-0.4, -0.2) is 24.9 Å². The van der Waals surface area contributed by atoms with Crippen LogP contribution in [0, 0.1) is 0 Å². The maximum absolute atomic E-state index is 6.00. The maximum Gasteiger partial charge on any atom is 0.169 e. The van der Waals surface area contributed by atoms with Gasteiger partial charge in [0.05, 0.1) is 18.8 Å². The molecule has 0 aromatic heterocycles. The highest BCUT2D eigenvalue weighted by atomic mass is 16.6. The van der Waals surface area contributed by atoms with Gasteiger partial charge in [-0.1, -0.05) is 12.8 Å². The van der Waals surface area contributed by atoms with Crippen LogP contribution in [0.15, 0.2) is 24.5 Å². The SMILES string of the molecule is C1=COC(C2COC3CCCCC3O2)=CO1. The molecule has 0 amide bonds. The zero-order valence-electron chi connectivity index (χ0n) is 9.13. The Morgan fingerprint density at radius 3 is 2.75 bits per heavy atom. The largest absolute Gasteiger partial charge is 0.466 e. The minimum Gasteiger partial charge on any atom is -0.466 e. The normalized spacial score (nSPS) is 38.0. The Bertz CT molecular complexity index is 310. The third-order valence-electron chi connectivity index (χ3n) is 3.28. The number of fused-ring (bicyclic) bond motifs is 1. The quantitative estimate of drug-likeness (QED) is 0.683. The smallest absolute Gasteiger partial charge is 0.169 e. The van der Waals surface area contributed by atoms with Gasteiger partial charge in [-0.15, -0.1) is 0 Å². The number of ether oxygens (including phenoxy) is 4. The molecule has 2 heterocycles. The van der Waals surface area contributed by atoms with Gasteiger partial charge >= 0.3 is 0 Å². The van der Waals surface area contributed by atoms with Crippen molar-refractivity contribution in [2.45, 2.75) is 44.0 Å². The Kier molecular flexibility index (Phi) is 2.84. The minimum absolute atomic E-state index is 0.121. The molecule has 4 nitrogen and oxygen atoms in total. The van der Waals surface area contributed by atoms with Crippen molar-refractivity contribution >= 4 is 0 Å². The van der Waals surface area contributed by atoms with E-state index in [0.29, 0.717) is 12.4 Å². The molecule has 0 N–H and O–H groups in total. The minimum atomic E-state index is -0.121. The van der Waals surface area contributed by atoms with Crippen molar-refractivity contribution in [3.63, 3.8) is 0 Å². The van der Waals surface area contributed by atoms with Gasteiger partial charge in [-0.25, -0.2) is 0 Å². The highest BCUT2D eigenvalue weighted by Crippen LogP contribution is 2.30. The van der Waals surface area contributed by atoms with Crippen LogP contribution in [0.2, 0.25) is 0 Å². The molecule has 0 spiro atoms. The Hall–Kier alpha value is -1.00. The van der Waals surface area contributed by atoms with E-state index in [9.17, 15) is 0 Å². The zero-order valence-corrected chi connectivity index (χ0v) is 9.13. The molecule has 1 aliphatic carbocycles. The van der Waals surface area contributed by atoms with E-state index in [1.165, 1.54) is 25.4 Å². The van der Waals surface area contributed by atoms with Gasteiger partial charge in [0, 0.05) is 0 Å². The molecule has 4 heteroatoms. The van der Waals surface area contributed by atoms with Gasteiger partial charge in [0.25, 0.3) is 0 Å². The first kappa shape index (κ1) is 10.2. The van der Waals surface area contributed by atoms with E-state index < -0.39 is 0 Å². The van der Waals surface area contributed by atoms with Gasteiger partial charge in [0.1, 0.15) is 24.9 Å². The van der Waals surface area contributed by atoms with Crippen LogP contribution in [0.4, 0.5) is 0 Å². The molecule has 88 valence electrons. The van der Waals surface area contributed by atoms with E-state index in [-0.39, 0.29) is 18.3 Å². The van der Waals surface area contributed by atoms with Crippen LogP contribution < -0.4 is 0 Å². The molecule has 2 aliphatic heterocycles. The summed E-state index contributed by atoms with van der Waals surface area (Å²) in [4.78, 5) is 0. The summed E-state index contributed by atoms with van der Waals surface area (Å²) in [6.45, 7) is 0.560. The van der Waals surface area contributed by atoms with E-state index in [4.69, 9.17) is 18.9 Å². The van der Waals surface area contributed by atoms with Gasteiger partial charge in [0.2, 0.25) is 0 Å². The molecule has 0 bridgehead atoms. The van der Waals surface area contributed by atoms with Crippen LogP contribution in [0.25, 0.3) is 0 Å². The van der Waals surface area contributed by atoms with Gasteiger partial charge in [0.15, 0.2) is 5.76 Å². The lowest BCUT2D eigenvalue weighted by molar-refractivity contribution is -0.189. The molecule has 3 unspecified atom stereocenters. The standard InChI is InChI=1S/C12H16O4/c1-2-4-10-9(3-1)15-8-12(16-10)11-7-13-5-6-14-11/h5-7,9-10,12H,1-4,8H2. The number of rotatable bonds is 1. The summed E-state index contributed by atoms with van der Waals surface area (Å²) in [6, 6.07) is 0. The predicted molar refractivity (Wildman–Crippen MR) is 56.3 cm³/mol. The summed E-state index contributed by atoms with van der Waals surface area (Å²) in [5.41, 5.74) is 0. The second-order valence-electron chi connectivity index (χ2n) is 4.37. The molecule has 1 saturated heterocycles.